The van der Waals surface area contributed by atoms with Gasteiger partial charge in [-0.15, -0.1) is 11.3 Å². The highest BCUT2D eigenvalue weighted by Crippen LogP contribution is 2.21. The lowest BCUT2D eigenvalue weighted by molar-refractivity contribution is -0.140. The largest absolute Gasteiger partial charge is 0.480 e. The van der Waals surface area contributed by atoms with E-state index in [1.807, 2.05) is 19.1 Å². The molecule has 2 atom stereocenters. The number of aryl methyl sites for hydroxylation is 1. The van der Waals surface area contributed by atoms with Gasteiger partial charge in [-0.3, -0.25) is 0 Å². The van der Waals surface area contributed by atoms with E-state index in [1.54, 1.807) is 18.3 Å². The summed E-state index contributed by atoms with van der Waals surface area (Å²) in [4.78, 5) is 24.3. The molecule has 1 unspecified atom stereocenters. The molecular formula is C11H16N2O4S. The van der Waals surface area contributed by atoms with E-state index >= 15 is 0 Å². The molecule has 0 fully saturated rings. The molecule has 0 aromatic carbocycles. The molecule has 1 aromatic rings. The first-order valence-electron chi connectivity index (χ1n) is 5.41. The lowest BCUT2D eigenvalue weighted by Gasteiger charge is -2.16. The van der Waals surface area contributed by atoms with Crippen LogP contribution in [0.2, 0.25) is 0 Å². The first-order valence-corrected chi connectivity index (χ1v) is 6.22. The lowest BCUT2D eigenvalue weighted by atomic mass is 10.3. The molecule has 0 spiro atoms. The third-order valence-corrected chi connectivity index (χ3v) is 3.50. The Bertz CT molecular complexity index is 432. The summed E-state index contributed by atoms with van der Waals surface area (Å²) in [5, 5.41) is 22.2. The Balaban J connectivity index is 2.52. The molecule has 4 N–H and O–H groups in total. The number of urea groups is 1. The van der Waals surface area contributed by atoms with Crippen LogP contribution in [0.4, 0.5) is 4.79 Å². The second-order valence-electron chi connectivity index (χ2n) is 3.86. The maximum Gasteiger partial charge on any atom is 0.328 e. The summed E-state index contributed by atoms with van der Waals surface area (Å²) in [7, 11) is 0. The van der Waals surface area contributed by atoms with Crippen molar-refractivity contribution >= 4 is 23.3 Å². The van der Waals surface area contributed by atoms with E-state index < -0.39 is 24.6 Å². The van der Waals surface area contributed by atoms with Crippen molar-refractivity contribution in [2.45, 2.75) is 25.9 Å². The minimum atomic E-state index is -1.29. The van der Waals surface area contributed by atoms with Crippen LogP contribution in [-0.2, 0) is 4.79 Å². The average Bonchev–Trinajstić information content (AvgIpc) is 2.72. The van der Waals surface area contributed by atoms with Gasteiger partial charge in [-0.05, 0) is 26.0 Å². The predicted octanol–water partition coefficient (Wildman–Crippen LogP) is 0.862. The zero-order chi connectivity index (χ0) is 13.7. The van der Waals surface area contributed by atoms with Crippen molar-refractivity contribution in [3.05, 3.63) is 21.9 Å². The topological polar surface area (TPSA) is 98.7 Å². The van der Waals surface area contributed by atoms with Gasteiger partial charge >= 0.3 is 12.0 Å². The van der Waals surface area contributed by atoms with E-state index in [1.165, 1.54) is 0 Å². The number of aliphatic hydroxyl groups is 1. The van der Waals surface area contributed by atoms with Crippen LogP contribution in [0.15, 0.2) is 12.1 Å². The van der Waals surface area contributed by atoms with Gasteiger partial charge in [-0.25, -0.2) is 9.59 Å². The smallest absolute Gasteiger partial charge is 0.328 e. The van der Waals surface area contributed by atoms with E-state index in [0.29, 0.717) is 0 Å². The number of carbonyl (C=O) groups excluding carboxylic acids is 1. The van der Waals surface area contributed by atoms with E-state index in [-0.39, 0.29) is 6.04 Å². The van der Waals surface area contributed by atoms with Crippen molar-refractivity contribution in [1.29, 1.82) is 0 Å². The number of rotatable bonds is 5. The first kappa shape index (κ1) is 14.5. The number of carbonyl (C=O) groups is 2. The van der Waals surface area contributed by atoms with Gasteiger partial charge in [0.25, 0.3) is 0 Å². The molecule has 1 rings (SSSR count). The highest BCUT2D eigenvalue weighted by atomic mass is 32.1. The Kier molecular flexibility index (Phi) is 5.11. The monoisotopic (exact) mass is 272 g/mol. The fourth-order valence-electron chi connectivity index (χ4n) is 1.34. The third-order valence-electron chi connectivity index (χ3n) is 2.32. The number of amides is 2. The Hall–Kier alpha value is -1.60. The maximum atomic E-state index is 11.5. The summed E-state index contributed by atoms with van der Waals surface area (Å²) in [6, 6.07) is 1.74. The molecule has 0 aliphatic carbocycles. The number of carboxylic acid groups (broad SMARTS) is 1. The molecule has 1 aromatic heterocycles. The Morgan fingerprint density at radius 3 is 2.50 bits per heavy atom. The highest BCUT2D eigenvalue weighted by Gasteiger charge is 2.20. The molecule has 1 heterocycles. The van der Waals surface area contributed by atoms with Crippen LogP contribution < -0.4 is 10.6 Å². The van der Waals surface area contributed by atoms with Crippen LogP contribution in [0, 0.1) is 6.92 Å². The van der Waals surface area contributed by atoms with Crippen LogP contribution >= 0.6 is 11.3 Å². The van der Waals surface area contributed by atoms with Gasteiger partial charge in [-0.1, -0.05) is 0 Å². The van der Waals surface area contributed by atoms with Gasteiger partial charge < -0.3 is 20.8 Å². The van der Waals surface area contributed by atoms with Crippen molar-refractivity contribution in [2.75, 3.05) is 6.61 Å². The average molecular weight is 272 g/mol. The van der Waals surface area contributed by atoms with E-state index in [4.69, 9.17) is 10.2 Å². The molecule has 18 heavy (non-hydrogen) atoms. The fourth-order valence-corrected chi connectivity index (χ4v) is 2.22. The Morgan fingerprint density at radius 1 is 1.39 bits per heavy atom. The van der Waals surface area contributed by atoms with Crippen molar-refractivity contribution < 1.29 is 19.8 Å². The number of hydrogen-bond acceptors (Lipinski definition) is 4. The van der Waals surface area contributed by atoms with Gasteiger partial charge in [-0.2, -0.15) is 0 Å². The molecule has 0 radical (unpaired) electrons. The number of thiophene rings is 1. The van der Waals surface area contributed by atoms with Crippen LogP contribution in [0.25, 0.3) is 0 Å². The number of hydrogen-bond donors (Lipinski definition) is 4. The van der Waals surface area contributed by atoms with Crippen molar-refractivity contribution in [2.24, 2.45) is 0 Å². The van der Waals surface area contributed by atoms with Gasteiger partial charge in [0.05, 0.1) is 12.6 Å². The van der Waals surface area contributed by atoms with Gasteiger partial charge in [0.15, 0.2) is 6.04 Å². The standard InChI is InChI=1S/C11H16N2O4S/c1-6-3-4-9(18-6)7(2)12-11(17)13-8(5-14)10(15)16/h3-4,7-8,14H,5H2,1-2H3,(H,15,16)(H2,12,13,17)/t7?,8-/m0/s1. The Morgan fingerprint density at radius 2 is 2.06 bits per heavy atom. The molecule has 0 aliphatic heterocycles. The van der Waals surface area contributed by atoms with Crippen LogP contribution in [0.5, 0.6) is 0 Å². The number of aliphatic carboxylic acids is 1. The van der Waals surface area contributed by atoms with E-state index in [0.717, 1.165) is 9.75 Å². The molecule has 2 amide bonds. The molecule has 7 heteroatoms. The quantitative estimate of drug-likeness (QED) is 0.639. The van der Waals surface area contributed by atoms with E-state index in [2.05, 4.69) is 10.6 Å². The summed E-state index contributed by atoms with van der Waals surface area (Å²) in [6.45, 7) is 3.13. The second kappa shape index (κ2) is 6.36. The summed E-state index contributed by atoms with van der Waals surface area (Å²) in [6.07, 6.45) is 0. The van der Waals surface area contributed by atoms with E-state index in [9.17, 15) is 9.59 Å². The van der Waals surface area contributed by atoms with Gasteiger partial charge in [0.1, 0.15) is 0 Å². The summed E-state index contributed by atoms with van der Waals surface area (Å²) >= 11 is 1.56. The zero-order valence-electron chi connectivity index (χ0n) is 10.1. The van der Waals surface area contributed by atoms with Gasteiger partial charge in [0, 0.05) is 9.75 Å². The van der Waals surface area contributed by atoms with Crippen molar-refractivity contribution in [3.63, 3.8) is 0 Å². The predicted molar refractivity (Wildman–Crippen MR) is 67.6 cm³/mol. The highest BCUT2D eigenvalue weighted by molar-refractivity contribution is 7.12. The number of carboxylic acids is 1. The molecule has 0 bridgehead atoms. The normalized spacial score (nSPS) is 13.7. The summed E-state index contributed by atoms with van der Waals surface area (Å²) < 4.78 is 0. The first-order chi connectivity index (χ1) is 8.43. The minimum Gasteiger partial charge on any atom is -0.480 e. The lowest BCUT2D eigenvalue weighted by Crippen LogP contribution is -2.48. The molecule has 100 valence electrons. The zero-order valence-corrected chi connectivity index (χ0v) is 11.0. The number of aliphatic hydroxyl groups excluding tert-OH is 1. The Labute approximate surface area is 109 Å². The SMILES string of the molecule is Cc1ccc(C(C)NC(=O)N[C@@H](CO)C(=O)O)s1. The van der Waals surface area contributed by atoms with Crippen LogP contribution in [-0.4, -0.2) is 34.9 Å². The van der Waals surface area contributed by atoms with Crippen molar-refractivity contribution in [1.82, 2.24) is 10.6 Å². The van der Waals surface area contributed by atoms with Crippen LogP contribution in [0.1, 0.15) is 22.7 Å². The van der Waals surface area contributed by atoms with Crippen molar-refractivity contribution in [3.8, 4) is 0 Å². The molecule has 0 saturated carbocycles. The van der Waals surface area contributed by atoms with Crippen LogP contribution in [0.3, 0.4) is 0 Å². The summed E-state index contributed by atoms with van der Waals surface area (Å²) in [5.74, 6) is -1.27. The molecule has 6 nitrogen and oxygen atoms in total. The maximum absolute atomic E-state index is 11.5. The summed E-state index contributed by atoms with van der Waals surface area (Å²) in [5.41, 5.74) is 0. The fraction of sp³-hybridized carbons (Fsp3) is 0.455. The van der Waals surface area contributed by atoms with Gasteiger partial charge in [0.2, 0.25) is 0 Å². The number of nitrogens with one attached hydrogen (secondary N) is 2. The minimum absolute atomic E-state index is 0.211. The third kappa shape index (κ3) is 4.01. The molecular weight excluding hydrogens is 256 g/mol. The molecule has 0 aliphatic rings. The molecule has 0 saturated heterocycles. The second-order valence-corrected chi connectivity index (χ2v) is 5.18.